The van der Waals surface area contributed by atoms with Gasteiger partial charge in [-0.15, -0.1) is 15.2 Å². The zero-order valence-electron chi connectivity index (χ0n) is 11.8. The van der Waals surface area contributed by atoms with Crippen molar-refractivity contribution in [3.05, 3.63) is 16.0 Å². The lowest BCUT2D eigenvalue weighted by Gasteiger charge is -2.16. The van der Waals surface area contributed by atoms with Crippen LogP contribution in [0.5, 0.6) is 0 Å². The number of thiophene rings is 1. The molecule has 0 aromatic carbocycles. The summed E-state index contributed by atoms with van der Waals surface area (Å²) in [5, 5.41) is -0.991. The van der Waals surface area contributed by atoms with Crippen LogP contribution in [0.3, 0.4) is 0 Å². The predicted molar refractivity (Wildman–Crippen MR) is 78.5 cm³/mol. The summed E-state index contributed by atoms with van der Waals surface area (Å²) in [5.74, 6) is -1.04. The fourth-order valence-corrected chi connectivity index (χ4v) is 5.02. The van der Waals surface area contributed by atoms with Gasteiger partial charge in [0.15, 0.2) is 0 Å². The normalized spacial score (nSPS) is 21.3. The van der Waals surface area contributed by atoms with Crippen LogP contribution >= 0.6 is 11.3 Å². The van der Waals surface area contributed by atoms with Gasteiger partial charge in [-0.1, -0.05) is 0 Å². The van der Waals surface area contributed by atoms with E-state index in [2.05, 4.69) is 0 Å². The number of fused-ring (bicyclic) bond motifs is 1. The highest BCUT2D eigenvalue weighted by Gasteiger charge is 2.42. The van der Waals surface area contributed by atoms with E-state index >= 15 is 0 Å². The van der Waals surface area contributed by atoms with Crippen LogP contribution in [0.2, 0.25) is 0 Å². The number of methoxy groups -OCH3 is 1. The molecular weight excluding hydrogens is 333 g/mol. The molecule has 0 N–H and O–H groups in total. The fraction of sp³-hybridized carbons (Fsp3) is 0.538. The number of carbonyl (C=O) groups is 2. The van der Waals surface area contributed by atoms with Crippen molar-refractivity contribution in [3.8, 4) is 0 Å². The number of hydrogen-bond acceptors (Lipinski definition) is 6. The van der Waals surface area contributed by atoms with Crippen molar-refractivity contribution in [3.63, 3.8) is 0 Å². The minimum Gasteiger partial charge on any atom is -0.465 e. The molecule has 9 heteroatoms. The maximum Gasteiger partial charge on any atom is 0.341 e. The van der Waals surface area contributed by atoms with Crippen molar-refractivity contribution in [2.24, 2.45) is 0 Å². The minimum atomic E-state index is -4.78. The van der Waals surface area contributed by atoms with Crippen LogP contribution in [0, 0.1) is 0 Å². The molecule has 2 heterocycles. The summed E-state index contributed by atoms with van der Waals surface area (Å²) in [6, 6.07) is 0. The molecule has 1 saturated heterocycles. The Bertz CT molecular complexity index is 755. The van der Waals surface area contributed by atoms with Gasteiger partial charge in [0, 0.05) is 17.8 Å². The lowest BCUT2D eigenvalue weighted by Crippen LogP contribution is -2.27. The number of carbonyl (C=O) groups excluding carboxylic acids is 2. The molecule has 1 amide bonds. The number of hydrogen-bond donors (Lipinski definition) is 0. The van der Waals surface area contributed by atoms with Gasteiger partial charge in [0.2, 0.25) is 5.91 Å². The molecule has 6 nitrogen and oxygen atoms in total. The average Bonchev–Trinajstić information content (AvgIpc) is 3.09. The van der Waals surface area contributed by atoms with Gasteiger partial charge in [0.1, 0.15) is 10.3 Å². The number of amides is 1. The summed E-state index contributed by atoms with van der Waals surface area (Å²) in [5.41, 5.74) is 1.19. The van der Waals surface area contributed by atoms with E-state index < -0.39 is 33.8 Å². The second-order valence-corrected chi connectivity index (χ2v) is 8.04. The number of esters is 1. The van der Waals surface area contributed by atoms with Crippen LogP contribution in [-0.2, 0) is 32.6 Å². The molecule has 1 aliphatic carbocycles. The molecule has 1 atom stereocenters. The third-order valence-corrected chi connectivity index (χ3v) is 6.45. The van der Waals surface area contributed by atoms with E-state index in [0.29, 0.717) is 10.6 Å². The largest absolute Gasteiger partial charge is 0.465 e. The van der Waals surface area contributed by atoms with Crippen molar-refractivity contribution in [1.82, 2.24) is 0 Å². The first kappa shape index (κ1) is 15.4. The van der Waals surface area contributed by atoms with E-state index in [1.54, 1.807) is 0 Å². The smallest absolute Gasteiger partial charge is 0.341 e. The molecular formula is C13H14FNO5S2. The van der Waals surface area contributed by atoms with Gasteiger partial charge in [0.25, 0.3) is 0 Å². The van der Waals surface area contributed by atoms with E-state index in [4.69, 9.17) is 4.74 Å². The fourth-order valence-electron chi connectivity index (χ4n) is 2.95. The molecule has 1 aliphatic heterocycles. The molecule has 1 aromatic heterocycles. The van der Waals surface area contributed by atoms with Gasteiger partial charge in [-0.3, -0.25) is 4.79 Å². The quantitative estimate of drug-likeness (QED) is 0.610. The number of anilines is 1. The first-order valence-corrected chi connectivity index (χ1v) is 9.06. The summed E-state index contributed by atoms with van der Waals surface area (Å²) in [6.07, 6.45) is 2.07. The van der Waals surface area contributed by atoms with E-state index in [0.717, 1.165) is 29.7 Å². The topological polar surface area (TPSA) is 80.8 Å². The van der Waals surface area contributed by atoms with Crippen molar-refractivity contribution in [2.45, 2.75) is 30.9 Å². The molecule has 2 aliphatic rings. The summed E-state index contributed by atoms with van der Waals surface area (Å²) in [7, 11) is -3.53. The maximum atomic E-state index is 13.1. The molecule has 0 spiro atoms. The molecule has 3 rings (SSSR count). The number of nitrogens with zero attached hydrogens (tertiary/aromatic N) is 1. The Balaban J connectivity index is 2.02. The van der Waals surface area contributed by atoms with E-state index in [-0.39, 0.29) is 6.54 Å². The number of halogens is 1. The Morgan fingerprint density at radius 1 is 1.41 bits per heavy atom. The van der Waals surface area contributed by atoms with Crippen LogP contribution in [0.1, 0.15) is 33.6 Å². The lowest BCUT2D eigenvalue weighted by atomic mass is 10.1. The molecule has 1 aromatic rings. The van der Waals surface area contributed by atoms with Gasteiger partial charge in [0.05, 0.1) is 12.7 Å². The SMILES string of the molecule is COC(=O)c1c(N2CC(S(=O)(=O)F)CC2=O)sc2c1CCC2. The minimum absolute atomic E-state index is 0.263. The number of rotatable bonds is 3. The monoisotopic (exact) mass is 347 g/mol. The number of ether oxygens (including phenoxy) is 1. The molecule has 120 valence electrons. The van der Waals surface area contributed by atoms with Gasteiger partial charge in [-0.25, -0.2) is 4.79 Å². The second-order valence-electron chi connectivity index (χ2n) is 5.34. The van der Waals surface area contributed by atoms with Crippen LogP contribution < -0.4 is 4.90 Å². The predicted octanol–water partition coefficient (Wildman–Crippen LogP) is 1.43. The van der Waals surface area contributed by atoms with Crippen molar-refractivity contribution >= 4 is 38.4 Å². The third-order valence-electron chi connectivity index (χ3n) is 4.03. The van der Waals surface area contributed by atoms with Crippen LogP contribution in [0.4, 0.5) is 8.89 Å². The Hall–Kier alpha value is -1.48. The Morgan fingerprint density at radius 2 is 2.14 bits per heavy atom. The van der Waals surface area contributed by atoms with Crippen molar-refractivity contribution in [2.75, 3.05) is 18.6 Å². The van der Waals surface area contributed by atoms with Crippen LogP contribution in [-0.4, -0.2) is 39.2 Å². The molecule has 0 bridgehead atoms. The van der Waals surface area contributed by atoms with E-state index in [1.807, 2.05) is 0 Å². The summed E-state index contributed by atoms with van der Waals surface area (Å²) in [6.45, 7) is -0.263. The zero-order chi connectivity index (χ0) is 16.1. The summed E-state index contributed by atoms with van der Waals surface area (Å²) in [4.78, 5) is 26.3. The third kappa shape index (κ3) is 2.41. The lowest BCUT2D eigenvalue weighted by molar-refractivity contribution is -0.117. The number of aryl methyl sites for hydroxylation is 1. The van der Waals surface area contributed by atoms with Crippen molar-refractivity contribution < 1.29 is 26.6 Å². The molecule has 22 heavy (non-hydrogen) atoms. The van der Waals surface area contributed by atoms with E-state index in [1.165, 1.54) is 23.3 Å². The second kappa shape index (κ2) is 5.31. The average molecular weight is 347 g/mol. The summed E-state index contributed by atoms with van der Waals surface area (Å²) >= 11 is 1.29. The zero-order valence-corrected chi connectivity index (χ0v) is 13.4. The highest BCUT2D eigenvalue weighted by atomic mass is 32.3. The molecule has 0 radical (unpaired) electrons. The van der Waals surface area contributed by atoms with Gasteiger partial charge < -0.3 is 9.64 Å². The highest BCUT2D eigenvalue weighted by molar-refractivity contribution is 7.87. The van der Waals surface area contributed by atoms with Crippen LogP contribution in [0.15, 0.2) is 0 Å². The first-order valence-electron chi connectivity index (χ1n) is 6.79. The molecule has 1 unspecified atom stereocenters. The molecule has 0 saturated carbocycles. The maximum absolute atomic E-state index is 13.1. The Labute approximate surface area is 131 Å². The van der Waals surface area contributed by atoms with Gasteiger partial charge >= 0.3 is 16.2 Å². The highest BCUT2D eigenvalue weighted by Crippen LogP contribution is 2.43. The standard InChI is InChI=1S/C13H14FNO5S2/c1-20-13(17)11-8-3-2-4-9(8)21-12(11)15-6-7(5-10(15)16)22(14,18)19/h7H,2-6H2,1H3. The van der Waals surface area contributed by atoms with E-state index in [9.17, 15) is 21.9 Å². The first-order chi connectivity index (χ1) is 10.3. The molecule has 1 fully saturated rings. The van der Waals surface area contributed by atoms with Gasteiger partial charge in [-0.2, -0.15) is 8.42 Å². The van der Waals surface area contributed by atoms with Gasteiger partial charge in [-0.05, 0) is 24.8 Å². The Morgan fingerprint density at radius 3 is 2.73 bits per heavy atom. The summed E-state index contributed by atoms with van der Waals surface area (Å²) < 4.78 is 40.0. The van der Waals surface area contributed by atoms with Crippen molar-refractivity contribution in [1.29, 1.82) is 0 Å². The van der Waals surface area contributed by atoms with Crippen LogP contribution in [0.25, 0.3) is 0 Å². The Kier molecular flexibility index (Phi) is 3.72.